The number of carbonyl (C=O) groups excluding carboxylic acids is 1. The van der Waals surface area contributed by atoms with Gasteiger partial charge in [0.2, 0.25) is 5.78 Å². The van der Waals surface area contributed by atoms with Gasteiger partial charge in [0.1, 0.15) is 11.5 Å². The molecule has 0 bridgehead atoms. The van der Waals surface area contributed by atoms with Gasteiger partial charge in [-0.1, -0.05) is 6.07 Å². The lowest BCUT2D eigenvalue weighted by molar-refractivity contribution is 0.103. The second-order valence-corrected chi connectivity index (χ2v) is 4.35. The van der Waals surface area contributed by atoms with Crippen LogP contribution in [0, 0.1) is 5.82 Å². The van der Waals surface area contributed by atoms with Crippen molar-refractivity contribution >= 4 is 27.4 Å². The fourth-order valence-electron chi connectivity index (χ4n) is 1.53. The zero-order valence-electron chi connectivity index (χ0n) is 8.95. The summed E-state index contributed by atoms with van der Waals surface area (Å²) in [4.78, 5) is 12.2. The van der Waals surface area contributed by atoms with Crippen LogP contribution >= 0.6 is 15.9 Å². The van der Waals surface area contributed by atoms with Gasteiger partial charge in [-0.05, 0) is 28.1 Å². The molecule has 2 N–H and O–H groups in total. The molecule has 0 spiro atoms. The normalized spacial score (nSPS) is 10.5. The van der Waals surface area contributed by atoms with Crippen molar-refractivity contribution in [1.29, 1.82) is 0 Å². The molecule has 2 aromatic rings. The number of nitrogens with zero attached hydrogens (tertiary/aromatic N) is 2. The molecule has 2 rings (SSSR count). The third kappa shape index (κ3) is 1.95. The smallest absolute Gasteiger partial charge is 0.214 e. The first-order valence-electron chi connectivity index (χ1n) is 4.78. The molecule has 0 aliphatic rings. The molecule has 0 atom stereocenters. The fraction of sp³-hybridized carbons (Fsp3) is 0.0909. The monoisotopic (exact) mass is 297 g/mol. The molecule has 6 heteroatoms. The highest BCUT2D eigenvalue weighted by Gasteiger charge is 2.20. The Labute approximate surface area is 105 Å². The van der Waals surface area contributed by atoms with Gasteiger partial charge in [-0.3, -0.25) is 9.48 Å². The first-order valence-corrected chi connectivity index (χ1v) is 5.58. The molecule has 17 heavy (non-hydrogen) atoms. The molecule has 88 valence electrons. The summed E-state index contributed by atoms with van der Waals surface area (Å²) >= 11 is 3.22. The zero-order valence-corrected chi connectivity index (χ0v) is 10.5. The van der Waals surface area contributed by atoms with Crippen LogP contribution in [0.5, 0.6) is 0 Å². The molecular formula is C11H9BrFN3O. The Morgan fingerprint density at radius 2 is 2.24 bits per heavy atom. The van der Waals surface area contributed by atoms with Crippen molar-refractivity contribution in [3.05, 3.63) is 45.9 Å². The molecule has 0 saturated carbocycles. The molecule has 0 aliphatic heterocycles. The molecule has 4 nitrogen and oxygen atoms in total. The Bertz CT molecular complexity index is 575. The van der Waals surface area contributed by atoms with Crippen LogP contribution in [0.1, 0.15) is 16.1 Å². The number of nitrogen functional groups attached to an aromatic ring is 1. The van der Waals surface area contributed by atoms with Gasteiger partial charge < -0.3 is 5.73 Å². The number of ketones is 1. The Morgan fingerprint density at radius 1 is 1.53 bits per heavy atom. The highest BCUT2D eigenvalue weighted by atomic mass is 79.9. The topological polar surface area (TPSA) is 60.9 Å². The van der Waals surface area contributed by atoms with E-state index < -0.39 is 5.82 Å². The number of nitrogens with two attached hydrogens (primary N) is 1. The second-order valence-electron chi connectivity index (χ2n) is 3.49. The van der Waals surface area contributed by atoms with E-state index in [4.69, 9.17) is 5.73 Å². The fourth-order valence-corrected chi connectivity index (χ4v) is 2.06. The van der Waals surface area contributed by atoms with E-state index in [1.807, 2.05) is 0 Å². The van der Waals surface area contributed by atoms with Gasteiger partial charge in [-0.2, -0.15) is 5.10 Å². The van der Waals surface area contributed by atoms with E-state index in [1.165, 1.54) is 29.1 Å². The van der Waals surface area contributed by atoms with Gasteiger partial charge in [-0.15, -0.1) is 0 Å². The minimum atomic E-state index is -0.603. The quantitative estimate of drug-likeness (QED) is 0.682. The van der Waals surface area contributed by atoms with Crippen molar-refractivity contribution in [2.45, 2.75) is 0 Å². The van der Waals surface area contributed by atoms with E-state index >= 15 is 0 Å². The SMILES string of the molecule is Cn1ncc(Br)c1C(=O)c1cccc(F)c1N. The van der Waals surface area contributed by atoms with Crippen LogP contribution in [0.2, 0.25) is 0 Å². The van der Waals surface area contributed by atoms with E-state index in [9.17, 15) is 9.18 Å². The maximum Gasteiger partial charge on any atom is 0.214 e. The van der Waals surface area contributed by atoms with Gasteiger partial charge in [0.15, 0.2) is 0 Å². The highest BCUT2D eigenvalue weighted by molar-refractivity contribution is 9.10. The standard InChI is InChI=1S/C11H9BrFN3O/c1-16-10(7(12)5-15-16)11(17)6-3-2-4-8(13)9(6)14/h2-5H,14H2,1H3. The number of hydrogen-bond acceptors (Lipinski definition) is 3. The number of carbonyl (C=O) groups is 1. The number of para-hydroxylation sites is 1. The molecule has 1 heterocycles. The molecular weight excluding hydrogens is 289 g/mol. The van der Waals surface area contributed by atoms with E-state index in [1.54, 1.807) is 7.05 Å². The predicted molar refractivity (Wildman–Crippen MR) is 65.2 cm³/mol. The third-order valence-electron chi connectivity index (χ3n) is 2.41. The lowest BCUT2D eigenvalue weighted by Gasteiger charge is -2.06. The molecule has 0 radical (unpaired) electrons. The van der Waals surface area contributed by atoms with Crippen LogP contribution in [-0.2, 0) is 7.05 Å². The summed E-state index contributed by atoms with van der Waals surface area (Å²) in [6.45, 7) is 0. The van der Waals surface area contributed by atoms with Crippen LogP contribution in [0.3, 0.4) is 0 Å². The van der Waals surface area contributed by atoms with Crippen molar-refractivity contribution in [2.75, 3.05) is 5.73 Å². The Hall–Kier alpha value is -1.69. The summed E-state index contributed by atoms with van der Waals surface area (Å²) in [6.07, 6.45) is 1.50. The van der Waals surface area contributed by atoms with E-state index in [-0.39, 0.29) is 17.0 Å². The first-order chi connectivity index (χ1) is 8.02. The average Bonchev–Trinajstić information content (AvgIpc) is 2.62. The maximum absolute atomic E-state index is 13.3. The summed E-state index contributed by atoms with van der Waals surface area (Å²) in [6, 6.07) is 4.15. The largest absolute Gasteiger partial charge is 0.396 e. The van der Waals surface area contributed by atoms with Crippen LogP contribution < -0.4 is 5.73 Å². The Balaban J connectivity index is 2.55. The molecule has 0 fully saturated rings. The molecule has 0 aliphatic carbocycles. The molecule has 1 aromatic heterocycles. The van der Waals surface area contributed by atoms with Crippen LogP contribution in [-0.4, -0.2) is 15.6 Å². The van der Waals surface area contributed by atoms with E-state index in [2.05, 4.69) is 21.0 Å². The number of anilines is 1. The van der Waals surface area contributed by atoms with Crippen LogP contribution in [0.25, 0.3) is 0 Å². The molecule has 1 aromatic carbocycles. The van der Waals surface area contributed by atoms with Crippen LogP contribution in [0.15, 0.2) is 28.9 Å². The van der Waals surface area contributed by atoms with Gasteiger partial charge in [0.25, 0.3) is 0 Å². The summed E-state index contributed by atoms with van der Waals surface area (Å²) in [5, 5.41) is 3.93. The lowest BCUT2D eigenvalue weighted by atomic mass is 10.1. The number of aromatic nitrogens is 2. The van der Waals surface area contributed by atoms with E-state index in [0.29, 0.717) is 10.2 Å². The van der Waals surface area contributed by atoms with Gasteiger partial charge in [0.05, 0.1) is 21.9 Å². The molecule has 0 saturated heterocycles. The molecule has 0 amide bonds. The summed E-state index contributed by atoms with van der Waals surface area (Å²) in [5.41, 5.74) is 5.87. The Morgan fingerprint density at radius 3 is 2.82 bits per heavy atom. The predicted octanol–water partition coefficient (Wildman–Crippen LogP) is 2.13. The number of benzene rings is 1. The number of rotatable bonds is 2. The van der Waals surface area contributed by atoms with Gasteiger partial charge in [0, 0.05) is 7.05 Å². The van der Waals surface area contributed by atoms with Gasteiger partial charge in [-0.25, -0.2) is 4.39 Å². The van der Waals surface area contributed by atoms with Crippen LogP contribution in [0.4, 0.5) is 10.1 Å². The minimum absolute atomic E-state index is 0.134. The van der Waals surface area contributed by atoms with Crippen molar-refractivity contribution in [1.82, 2.24) is 9.78 Å². The third-order valence-corrected chi connectivity index (χ3v) is 2.99. The maximum atomic E-state index is 13.3. The summed E-state index contributed by atoms with van der Waals surface area (Å²) in [7, 11) is 1.63. The summed E-state index contributed by atoms with van der Waals surface area (Å²) < 4.78 is 15.2. The first kappa shape index (κ1) is 11.8. The number of hydrogen-bond donors (Lipinski definition) is 1. The number of aryl methyl sites for hydroxylation is 1. The molecule has 0 unspecified atom stereocenters. The van der Waals surface area contributed by atoms with Gasteiger partial charge >= 0.3 is 0 Å². The zero-order chi connectivity index (χ0) is 12.6. The van der Waals surface area contributed by atoms with E-state index in [0.717, 1.165) is 0 Å². The highest BCUT2D eigenvalue weighted by Crippen LogP contribution is 2.23. The van der Waals surface area contributed by atoms with Crippen molar-refractivity contribution in [3.8, 4) is 0 Å². The lowest BCUT2D eigenvalue weighted by Crippen LogP contribution is -2.12. The summed E-state index contributed by atoms with van der Waals surface area (Å²) in [5.74, 6) is -0.969. The van der Waals surface area contributed by atoms with Crippen molar-refractivity contribution in [2.24, 2.45) is 7.05 Å². The van der Waals surface area contributed by atoms with Crippen molar-refractivity contribution in [3.63, 3.8) is 0 Å². The minimum Gasteiger partial charge on any atom is -0.396 e. The average molecular weight is 298 g/mol. The Kier molecular flexibility index (Phi) is 2.97. The van der Waals surface area contributed by atoms with Crippen molar-refractivity contribution < 1.29 is 9.18 Å². The second kappa shape index (κ2) is 4.29. The number of halogens is 2.